The minimum absolute atomic E-state index is 0.0835. The van der Waals surface area contributed by atoms with Crippen LogP contribution in [-0.2, 0) is 14.9 Å². The van der Waals surface area contributed by atoms with E-state index in [1.54, 1.807) is 6.92 Å². The Kier molecular flexibility index (Phi) is 6.27. The summed E-state index contributed by atoms with van der Waals surface area (Å²) in [5.74, 6) is -0.425. The van der Waals surface area contributed by atoms with Gasteiger partial charge in [-0.1, -0.05) is 32.9 Å². The Balaban J connectivity index is 2.63. The molecule has 1 aromatic carbocycles. The van der Waals surface area contributed by atoms with Crippen LogP contribution in [0.5, 0.6) is 0 Å². The van der Waals surface area contributed by atoms with E-state index in [0.29, 0.717) is 6.61 Å². The minimum Gasteiger partial charge on any atom is -0.465 e. The summed E-state index contributed by atoms with van der Waals surface area (Å²) in [5.41, 5.74) is 2.37. The van der Waals surface area contributed by atoms with Gasteiger partial charge < -0.3 is 10.1 Å². The Hall–Kier alpha value is -1.49. The van der Waals surface area contributed by atoms with Crippen LogP contribution in [0, 0.1) is 6.92 Å². The summed E-state index contributed by atoms with van der Waals surface area (Å²) in [6.45, 7) is 10.4. The molecule has 1 rings (SSSR count). The highest BCUT2D eigenvalue weighted by molar-refractivity contribution is 8.13. The maximum absolute atomic E-state index is 11.8. The molecule has 116 valence electrons. The first-order valence-electron chi connectivity index (χ1n) is 6.96. The molecule has 1 amide bonds. The van der Waals surface area contributed by atoms with Gasteiger partial charge in [-0.15, -0.1) is 0 Å². The van der Waals surface area contributed by atoms with Crippen molar-refractivity contribution in [3.8, 4) is 0 Å². The topological polar surface area (TPSA) is 55.4 Å². The molecule has 0 aliphatic carbocycles. The van der Waals surface area contributed by atoms with Gasteiger partial charge in [0.15, 0.2) is 0 Å². The molecule has 0 saturated carbocycles. The molecule has 0 fully saturated rings. The van der Waals surface area contributed by atoms with Crippen LogP contribution in [0.2, 0.25) is 0 Å². The normalized spacial score (nSPS) is 11.1. The lowest BCUT2D eigenvalue weighted by Gasteiger charge is -2.20. The maximum atomic E-state index is 11.8. The van der Waals surface area contributed by atoms with Crippen molar-refractivity contribution in [2.75, 3.05) is 13.2 Å². The Morgan fingerprint density at radius 1 is 1.29 bits per heavy atom. The zero-order valence-electron chi connectivity index (χ0n) is 13.3. The number of ether oxygens (including phenoxy) is 1. The molecule has 0 spiro atoms. The number of carbonyl (C=O) groups is 2. The average Bonchev–Trinajstić information content (AvgIpc) is 2.38. The molecule has 0 heterocycles. The third kappa shape index (κ3) is 5.79. The molecular formula is C16H23NO3S. The molecule has 1 aromatic rings. The van der Waals surface area contributed by atoms with Gasteiger partial charge in [0.05, 0.1) is 6.61 Å². The van der Waals surface area contributed by atoms with Crippen molar-refractivity contribution in [2.24, 2.45) is 0 Å². The van der Waals surface area contributed by atoms with Crippen molar-refractivity contribution in [2.45, 2.75) is 44.9 Å². The molecule has 5 heteroatoms. The van der Waals surface area contributed by atoms with E-state index in [1.165, 1.54) is 5.56 Å². The fourth-order valence-electron chi connectivity index (χ4n) is 1.72. The fraction of sp³-hybridized carbons (Fsp3) is 0.500. The smallest absolute Gasteiger partial charge is 0.325 e. The SMILES string of the molecule is CCOC(=O)CNC(=O)Sc1ccc(C(C)(C)C)cc1C. The van der Waals surface area contributed by atoms with Gasteiger partial charge in [-0.3, -0.25) is 9.59 Å². The molecular weight excluding hydrogens is 286 g/mol. The van der Waals surface area contributed by atoms with Crippen LogP contribution < -0.4 is 5.32 Å². The number of amides is 1. The molecule has 1 N–H and O–H groups in total. The molecule has 0 bridgehead atoms. The highest BCUT2D eigenvalue weighted by Gasteiger charge is 2.15. The Morgan fingerprint density at radius 2 is 1.95 bits per heavy atom. The third-order valence-electron chi connectivity index (χ3n) is 2.93. The molecule has 0 atom stereocenters. The van der Waals surface area contributed by atoms with Crippen molar-refractivity contribution in [1.82, 2.24) is 5.32 Å². The predicted molar refractivity (Wildman–Crippen MR) is 85.8 cm³/mol. The predicted octanol–water partition coefficient (Wildman–Crippen LogP) is 3.66. The highest BCUT2D eigenvalue weighted by atomic mass is 32.2. The minimum atomic E-state index is -0.425. The van der Waals surface area contributed by atoms with Gasteiger partial charge in [-0.05, 0) is 48.2 Å². The summed E-state index contributed by atoms with van der Waals surface area (Å²) in [6, 6.07) is 6.08. The second-order valence-corrected chi connectivity index (χ2v) is 6.79. The second kappa shape index (κ2) is 7.50. The third-order valence-corrected chi connectivity index (χ3v) is 3.93. The van der Waals surface area contributed by atoms with E-state index >= 15 is 0 Å². The van der Waals surface area contributed by atoms with Crippen molar-refractivity contribution < 1.29 is 14.3 Å². The van der Waals surface area contributed by atoms with Gasteiger partial charge in [0.2, 0.25) is 0 Å². The Bertz CT molecular complexity index is 521. The first-order valence-corrected chi connectivity index (χ1v) is 7.78. The number of thioether (sulfide) groups is 1. The van der Waals surface area contributed by atoms with E-state index < -0.39 is 5.97 Å². The quantitative estimate of drug-likeness (QED) is 0.681. The number of benzene rings is 1. The van der Waals surface area contributed by atoms with Crippen LogP contribution in [0.4, 0.5) is 4.79 Å². The highest BCUT2D eigenvalue weighted by Crippen LogP contribution is 2.29. The zero-order chi connectivity index (χ0) is 16.0. The molecule has 0 aliphatic rings. The Labute approximate surface area is 130 Å². The van der Waals surface area contributed by atoms with Crippen LogP contribution in [-0.4, -0.2) is 24.4 Å². The Morgan fingerprint density at radius 3 is 2.48 bits per heavy atom. The number of hydrogen-bond donors (Lipinski definition) is 1. The number of nitrogens with one attached hydrogen (secondary N) is 1. The summed E-state index contributed by atoms with van der Waals surface area (Å²) < 4.78 is 4.76. The molecule has 0 aromatic heterocycles. The fourth-order valence-corrected chi connectivity index (χ4v) is 2.42. The lowest BCUT2D eigenvalue weighted by molar-refractivity contribution is -0.141. The standard InChI is InChI=1S/C16H23NO3S/c1-6-20-14(18)10-17-15(19)21-13-8-7-12(9-11(13)2)16(3,4)5/h7-9H,6,10H2,1-5H3,(H,17,19). The summed E-state index contributed by atoms with van der Waals surface area (Å²) in [6.07, 6.45) is 0. The van der Waals surface area contributed by atoms with E-state index in [2.05, 4.69) is 32.2 Å². The van der Waals surface area contributed by atoms with Crippen LogP contribution in [0.3, 0.4) is 0 Å². The van der Waals surface area contributed by atoms with Crippen molar-refractivity contribution in [1.29, 1.82) is 0 Å². The summed E-state index contributed by atoms with van der Waals surface area (Å²) >= 11 is 1.09. The van der Waals surface area contributed by atoms with Gasteiger partial charge in [0.25, 0.3) is 5.24 Å². The maximum Gasteiger partial charge on any atom is 0.325 e. The molecule has 0 aliphatic heterocycles. The van der Waals surface area contributed by atoms with Crippen molar-refractivity contribution in [3.63, 3.8) is 0 Å². The number of aryl methyl sites for hydroxylation is 1. The van der Waals surface area contributed by atoms with Gasteiger partial charge in [-0.25, -0.2) is 0 Å². The van der Waals surface area contributed by atoms with E-state index in [1.807, 2.05) is 19.1 Å². The van der Waals surface area contributed by atoms with Crippen LogP contribution in [0.25, 0.3) is 0 Å². The second-order valence-electron chi connectivity index (χ2n) is 5.78. The largest absolute Gasteiger partial charge is 0.465 e. The first-order chi connectivity index (χ1) is 9.74. The van der Waals surface area contributed by atoms with Crippen LogP contribution >= 0.6 is 11.8 Å². The van der Waals surface area contributed by atoms with Crippen LogP contribution in [0.1, 0.15) is 38.8 Å². The monoisotopic (exact) mass is 309 g/mol. The van der Waals surface area contributed by atoms with E-state index in [0.717, 1.165) is 22.2 Å². The van der Waals surface area contributed by atoms with E-state index in [-0.39, 0.29) is 17.2 Å². The van der Waals surface area contributed by atoms with E-state index in [9.17, 15) is 9.59 Å². The van der Waals surface area contributed by atoms with Gasteiger partial charge >= 0.3 is 5.97 Å². The number of hydrogen-bond acceptors (Lipinski definition) is 4. The molecule has 0 saturated heterocycles. The van der Waals surface area contributed by atoms with Crippen molar-refractivity contribution >= 4 is 23.0 Å². The number of rotatable bonds is 4. The van der Waals surface area contributed by atoms with Crippen LogP contribution in [0.15, 0.2) is 23.1 Å². The lowest BCUT2D eigenvalue weighted by Crippen LogP contribution is -2.27. The van der Waals surface area contributed by atoms with Crippen molar-refractivity contribution in [3.05, 3.63) is 29.3 Å². The lowest BCUT2D eigenvalue weighted by atomic mass is 9.86. The number of esters is 1. The van der Waals surface area contributed by atoms with Gasteiger partial charge in [0, 0.05) is 4.90 Å². The summed E-state index contributed by atoms with van der Waals surface area (Å²) in [5, 5.41) is 2.28. The molecule has 4 nitrogen and oxygen atoms in total. The molecule has 21 heavy (non-hydrogen) atoms. The molecule has 0 unspecified atom stereocenters. The zero-order valence-corrected chi connectivity index (χ0v) is 14.1. The summed E-state index contributed by atoms with van der Waals surface area (Å²) in [4.78, 5) is 23.9. The first kappa shape index (κ1) is 17.6. The molecule has 0 radical (unpaired) electrons. The summed E-state index contributed by atoms with van der Waals surface area (Å²) in [7, 11) is 0. The van der Waals surface area contributed by atoms with Gasteiger partial charge in [-0.2, -0.15) is 0 Å². The van der Waals surface area contributed by atoms with E-state index in [4.69, 9.17) is 4.74 Å². The average molecular weight is 309 g/mol. The number of carbonyl (C=O) groups excluding carboxylic acids is 2. The van der Waals surface area contributed by atoms with Gasteiger partial charge in [0.1, 0.15) is 6.54 Å².